The predicted molar refractivity (Wildman–Crippen MR) is 64.2 cm³/mol. The molecular formula is C11H14N2O3S. The molecule has 2 rings (SSSR count). The van der Waals surface area contributed by atoms with Crippen LogP contribution in [-0.4, -0.2) is 47.1 Å². The zero-order chi connectivity index (χ0) is 12.4. The SMILES string of the molecule is CC1C(C(=O)O)NCCN1C(=O)c1cccs1. The molecule has 2 N–H and O–H groups in total. The number of hydrogen-bond acceptors (Lipinski definition) is 4. The Hall–Kier alpha value is -1.40. The van der Waals surface area contributed by atoms with Gasteiger partial charge in [0.15, 0.2) is 0 Å². The number of piperazine rings is 1. The van der Waals surface area contributed by atoms with Crippen LogP contribution in [0, 0.1) is 0 Å². The van der Waals surface area contributed by atoms with E-state index in [1.54, 1.807) is 17.9 Å². The van der Waals surface area contributed by atoms with Crippen molar-refractivity contribution in [1.29, 1.82) is 0 Å². The Kier molecular flexibility index (Phi) is 3.44. The zero-order valence-corrected chi connectivity index (χ0v) is 10.2. The number of rotatable bonds is 2. The van der Waals surface area contributed by atoms with Gasteiger partial charge in [0.25, 0.3) is 5.91 Å². The Labute approximate surface area is 103 Å². The summed E-state index contributed by atoms with van der Waals surface area (Å²) >= 11 is 1.38. The molecule has 6 heteroatoms. The van der Waals surface area contributed by atoms with E-state index in [4.69, 9.17) is 5.11 Å². The van der Waals surface area contributed by atoms with E-state index < -0.39 is 12.0 Å². The number of carboxylic acid groups (broad SMARTS) is 1. The molecule has 0 spiro atoms. The third-order valence-electron chi connectivity index (χ3n) is 2.95. The highest BCUT2D eigenvalue weighted by atomic mass is 32.1. The van der Waals surface area contributed by atoms with Gasteiger partial charge in [-0.25, -0.2) is 0 Å². The number of carbonyl (C=O) groups is 2. The molecule has 1 fully saturated rings. The Balaban J connectivity index is 2.15. The molecule has 2 atom stereocenters. The molecule has 1 aromatic rings. The minimum atomic E-state index is -0.916. The van der Waals surface area contributed by atoms with Gasteiger partial charge in [-0.3, -0.25) is 9.59 Å². The summed E-state index contributed by atoms with van der Waals surface area (Å²) in [4.78, 5) is 25.5. The molecule has 1 aliphatic rings. The Morgan fingerprint density at radius 1 is 1.59 bits per heavy atom. The number of amides is 1. The van der Waals surface area contributed by atoms with Crippen molar-refractivity contribution >= 4 is 23.2 Å². The Morgan fingerprint density at radius 2 is 2.35 bits per heavy atom. The van der Waals surface area contributed by atoms with Crippen LogP contribution < -0.4 is 5.32 Å². The van der Waals surface area contributed by atoms with Gasteiger partial charge < -0.3 is 15.3 Å². The summed E-state index contributed by atoms with van der Waals surface area (Å²) in [7, 11) is 0. The Bertz CT molecular complexity index is 418. The molecule has 1 saturated heterocycles. The lowest BCUT2D eigenvalue weighted by Crippen LogP contribution is -2.61. The van der Waals surface area contributed by atoms with Gasteiger partial charge in [-0.15, -0.1) is 11.3 Å². The molecule has 17 heavy (non-hydrogen) atoms. The Morgan fingerprint density at radius 3 is 2.94 bits per heavy atom. The van der Waals surface area contributed by atoms with Gasteiger partial charge in [-0.1, -0.05) is 6.07 Å². The van der Waals surface area contributed by atoms with E-state index in [1.165, 1.54) is 11.3 Å². The highest BCUT2D eigenvalue weighted by Gasteiger charge is 2.35. The first-order chi connectivity index (χ1) is 8.11. The van der Waals surface area contributed by atoms with Crippen molar-refractivity contribution in [3.8, 4) is 0 Å². The number of aliphatic carboxylic acids is 1. The third-order valence-corrected chi connectivity index (χ3v) is 3.81. The lowest BCUT2D eigenvalue weighted by molar-refractivity contribution is -0.141. The second-order valence-corrected chi connectivity index (χ2v) is 4.93. The first kappa shape index (κ1) is 12.1. The lowest BCUT2D eigenvalue weighted by atomic mass is 10.1. The molecule has 0 bridgehead atoms. The quantitative estimate of drug-likeness (QED) is 0.812. The highest BCUT2D eigenvalue weighted by Crippen LogP contribution is 2.17. The number of carboxylic acids is 1. The van der Waals surface area contributed by atoms with Gasteiger partial charge in [0.2, 0.25) is 0 Å². The van der Waals surface area contributed by atoms with Crippen molar-refractivity contribution in [2.24, 2.45) is 0 Å². The van der Waals surface area contributed by atoms with Crippen LogP contribution in [0.5, 0.6) is 0 Å². The van der Waals surface area contributed by atoms with E-state index in [0.29, 0.717) is 18.0 Å². The minimum absolute atomic E-state index is 0.0831. The van der Waals surface area contributed by atoms with Gasteiger partial charge in [-0.05, 0) is 18.4 Å². The van der Waals surface area contributed by atoms with E-state index >= 15 is 0 Å². The summed E-state index contributed by atoms with van der Waals surface area (Å²) in [5, 5.41) is 13.8. The summed E-state index contributed by atoms with van der Waals surface area (Å²) < 4.78 is 0. The third kappa shape index (κ3) is 2.32. The van der Waals surface area contributed by atoms with Crippen molar-refractivity contribution in [3.05, 3.63) is 22.4 Å². The first-order valence-electron chi connectivity index (χ1n) is 5.42. The van der Waals surface area contributed by atoms with Crippen LogP contribution >= 0.6 is 11.3 Å². The molecule has 2 heterocycles. The fourth-order valence-corrected chi connectivity index (χ4v) is 2.70. The summed E-state index contributed by atoms with van der Waals surface area (Å²) in [6, 6.07) is 2.56. The van der Waals surface area contributed by atoms with Gasteiger partial charge >= 0.3 is 5.97 Å². The molecule has 92 valence electrons. The van der Waals surface area contributed by atoms with Crippen LogP contribution in [-0.2, 0) is 4.79 Å². The van der Waals surface area contributed by atoms with Crippen molar-refractivity contribution < 1.29 is 14.7 Å². The van der Waals surface area contributed by atoms with Crippen LogP contribution in [0.15, 0.2) is 17.5 Å². The number of hydrogen-bond donors (Lipinski definition) is 2. The van der Waals surface area contributed by atoms with Crippen LogP contribution in [0.25, 0.3) is 0 Å². The maximum atomic E-state index is 12.2. The summed E-state index contributed by atoms with van der Waals surface area (Å²) in [5.74, 6) is -0.999. The smallest absolute Gasteiger partial charge is 0.322 e. The second kappa shape index (κ2) is 4.85. The maximum absolute atomic E-state index is 12.2. The molecule has 1 aromatic heterocycles. The van der Waals surface area contributed by atoms with E-state index in [1.807, 2.05) is 11.4 Å². The minimum Gasteiger partial charge on any atom is -0.480 e. The fraction of sp³-hybridized carbons (Fsp3) is 0.455. The molecule has 0 saturated carbocycles. The van der Waals surface area contributed by atoms with Gasteiger partial charge in [-0.2, -0.15) is 0 Å². The molecule has 0 aromatic carbocycles. The number of thiophene rings is 1. The van der Waals surface area contributed by atoms with Crippen LogP contribution in [0.2, 0.25) is 0 Å². The monoisotopic (exact) mass is 254 g/mol. The fourth-order valence-electron chi connectivity index (χ4n) is 2.02. The van der Waals surface area contributed by atoms with E-state index in [9.17, 15) is 9.59 Å². The summed E-state index contributed by atoms with van der Waals surface area (Å²) in [6.07, 6.45) is 0. The molecule has 1 amide bonds. The van der Waals surface area contributed by atoms with Gasteiger partial charge in [0.1, 0.15) is 6.04 Å². The van der Waals surface area contributed by atoms with Crippen molar-refractivity contribution in [1.82, 2.24) is 10.2 Å². The van der Waals surface area contributed by atoms with Crippen molar-refractivity contribution in [3.63, 3.8) is 0 Å². The number of nitrogens with zero attached hydrogens (tertiary/aromatic N) is 1. The lowest BCUT2D eigenvalue weighted by Gasteiger charge is -2.37. The second-order valence-electron chi connectivity index (χ2n) is 3.99. The standard InChI is InChI=1S/C11H14N2O3S/c1-7-9(11(15)16)12-4-5-13(7)10(14)8-3-2-6-17-8/h2-3,6-7,9,12H,4-5H2,1H3,(H,15,16). The highest BCUT2D eigenvalue weighted by molar-refractivity contribution is 7.12. The van der Waals surface area contributed by atoms with Crippen LogP contribution in [0.1, 0.15) is 16.6 Å². The largest absolute Gasteiger partial charge is 0.480 e. The average Bonchev–Trinajstić information content (AvgIpc) is 2.81. The van der Waals surface area contributed by atoms with E-state index in [0.717, 1.165) is 0 Å². The summed E-state index contributed by atoms with van der Waals surface area (Å²) in [6.45, 7) is 2.82. The predicted octanol–water partition coefficient (Wildman–Crippen LogP) is 0.635. The zero-order valence-electron chi connectivity index (χ0n) is 9.42. The van der Waals surface area contributed by atoms with Crippen LogP contribution in [0.4, 0.5) is 0 Å². The first-order valence-corrected chi connectivity index (χ1v) is 6.30. The molecule has 2 unspecified atom stereocenters. The van der Waals surface area contributed by atoms with Crippen molar-refractivity contribution in [2.75, 3.05) is 13.1 Å². The van der Waals surface area contributed by atoms with Gasteiger partial charge in [0, 0.05) is 13.1 Å². The molecule has 1 aliphatic heterocycles. The molecular weight excluding hydrogens is 240 g/mol. The van der Waals surface area contributed by atoms with E-state index in [2.05, 4.69) is 5.32 Å². The normalized spacial score (nSPS) is 24.6. The van der Waals surface area contributed by atoms with E-state index in [-0.39, 0.29) is 11.9 Å². The average molecular weight is 254 g/mol. The number of nitrogens with one attached hydrogen (secondary N) is 1. The van der Waals surface area contributed by atoms with Gasteiger partial charge in [0.05, 0.1) is 10.9 Å². The molecule has 5 nitrogen and oxygen atoms in total. The molecule has 0 radical (unpaired) electrons. The number of carbonyl (C=O) groups excluding carboxylic acids is 1. The topological polar surface area (TPSA) is 69.6 Å². The van der Waals surface area contributed by atoms with Crippen molar-refractivity contribution in [2.45, 2.75) is 19.0 Å². The summed E-state index contributed by atoms with van der Waals surface area (Å²) in [5.41, 5.74) is 0. The van der Waals surface area contributed by atoms with Crippen LogP contribution in [0.3, 0.4) is 0 Å². The maximum Gasteiger partial charge on any atom is 0.322 e. The molecule has 0 aliphatic carbocycles.